The van der Waals surface area contributed by atoms with Gasteiger partial charge in [0.25, 0.3) is 0 Å². The Morgan fingerprint density at radius 3 is 3.36 bits per heavy atom. The van der Waals surface area contributed by atoms with Crippen LogP contribution in [-0.4, -0.2) is 23.0 Å². The highest BCUT2D eigenvalue weighted by atomic mass is 16.1. The minimum atomic E-state index is -3.93. The van der Waals surface area contributed by atoms with Gasteiger partial charge in [-0.05, 0) is 24.7 Å². The molecular weight excluding hydrogens is 178 g/mol. The maximum Gasteiger partial charge on any atom is 0.346 e. The normalized spacial score (nSPS) is 50.7. The van der Waals surface area contributed by atoms with Gasteiger partial charge in [-0.15, -0.1) is 0 Å². The highest BCUT2D eigenvalue weighted by molar-refractivity contribution is 5.36. The molecule has 1 saturated heterocycles. The van der Waals surface area contributed by atoms with Crippen LogP contribution in [0.25, 0.3) is 0 Å². The van der Waals surface area contributed by atoms with Crippen LogP contribution in [0.1, 0.15) is 38.8 Å². The highest BCUT2D eigenvalue weighted by Gasteiger charge is 2.16. The molecule has 0 saturated carbocycles. The fourth-order valence-corrected chi connectivity index (χ4v) is 0.787. The van der Waals surface area contributed by atoms with Crippen molar-refractivity contribution in [1.29, 1.82) is 0 Å². The summed E-state index contributed by atoms with van der Waals surface area (Å²) in [6.07, 6.45) is -8.71. The minimum absolute atomic E-state index is 0.311. The molecule has 1 N–H and O–H groups in total. The maximum absolute atomic E-state index is 11.6. The predicted octanol–water partition coefficient (Wildman–Crippen LogP) is 1.01. The van der Waals surface area contributed by atoms with Crippen molar-refractivity contribution >= 4 is 5.82 Å². The Balaban J connectivity index is 3.00. The van der Waals surface area contributed by atoms with E-state index < -0.39 is 62.2 Å². The average molecular weight is 207 g/mol. The molecule has 0 aliphatic carbocycles. The van der Waals surface area contributed by atoms with Gasteiger partial charge in [0, 0.05) is 35.6 Å². The number of H-pyrrole nitrogens is 1. The third kappa shape index (κ3) is 1.95. The number of aromatic nitrogens is 2. The van der Waals surface area contributed by atoms with Crippen LogP contribution in [-0.2, 0) is 0 Å². The monoisotopic (exact) mass is 207 g/mol. The van der Waals surface area contributed by atoms with Crippen LogP contribution in [0.15, 0.2) is 17.0 Å². The summed E-state index contributed by atoms with van der Waals surface area (Å²) in [6.45, 7) is -11.3. The summed E-state index contributed by atoms with van der Waals surface area (Å²) in [5.74, 6) is -5.13. The first-order valence-electron chi connectivity index (χ1n) is 10.6. The zero-order valence-corrected chi connectivity index (χ0v) is 6.80. The Hall–Kier alpha value is -1.32. The van der Waals surface area contributed by atoms with Gasteiger partial charge >= 0.3 is 5.69 Å². The SMILES string of the molecule is [2H]c1[nH]c(=O)nc(N2C([2H])([2H])C([2H])([2H])C([2H])(C([2H])([2H])[2H])C([2H])([2H])C2([2H])[2H])c1[2H]. The van der Waals surface area contributed by atoms with E-state index in [0.717, 1.165) is 0 Å². The Morgan fingerprint density at radius 2 is 2.64 bits per heavy atom. The summed E-state index contributed by atoms with van der Waals surface area (Å²) < 4.78 is 110. The molecular formula is C10H15N3O. The number of hydrogen-bond donors (Lipinski definition) is 1. The van der Waals surface area contributed by atoms with Crippen molar-refractivity contribution < 1.29 is 19.2 Å². The van der Waals surface area contributed by atoms with Crippen molar-refractivity contribution in [2.24, 2.45) is 5.89 Å². The van der Waals surface area contributed by atoms with E-state index >= 15 is 0 Å². The molecule has 1 aromatic rings. The van der Waals surface area contributed by atoms with E-state index in [-0.39, 0.29) is 4.90 Å². The third-order valence-electron chi connectivity index (χ3n) is 1.35. The molecule has 2 rings (SSSR count). The molecule has 1 aromatic heterocycles. The first-order chi connectivity index (χ1) is 12.2. The summed E-state index contributed by atoms with van der Waals surface area (Å²) >= 11 is 0. The quantitative estimate of drug-likeness (QED) is 0.747. The first-order valence-corrected chi connectivity index (χ1v) is 3.57. The van der Waals surface area contributed by atoms with Crippen LogP contribution in [0.5, 0.6) is 0 Å². The van der Waals surface area contributed by atoms with E-state index in [0.29, 0.717) is 0 Å². The molecule has 76 valence electrons. The summed E-state index contributed by atoms with van der Waals surface area (Å²) in [5.41, 5.74) is -1.32. The van der Waals surface area contributed by atoms with Crippen molar-refractivity contribution in [2.45, 2.75) is 19.6 Å². The lowest BCUT2D eigenvalue weighted by Crippen LogP contribution is -2.34. The molecule has 0 amide bonds. The second-order valence-electron chi connectivity index (χ2n) is 2.30. The number of nitrogens with zero attached hydrogens (tertiary/aromatic N) is 2. The van der Waals surface area contributed by atoms with Crippen molar-refractivity contribution in [3.05, 3.63) is 22.7 Å². The average Bonchev–Trinajstić information content (AvgIpc) is 2.47. The molecule has 1 aliphatic heterocycles. The molecule has 14 heavy (non-hydrogen) atoms. The molecule has 1 fully saturated rings. The van der Waals surface area contributed by atoms with Gasteiger partial charge in [0.2, 0.25) is 0 Å². The van der Waals surface area contributed by atoms with E-state index in [4.69, 9.17) is 19.2 Å². The van der Waals surface area contributed by atoms with E-state index in [1.54, 1.807) is 4.98 Å². The minimum Gasteiger partial charge on any atom is -0.356 e. The molecule has 0 spiro atoms. The van der Waals surface area contributed by atoms with Crippen LogP contribution in [0, 0.1) is 5.89 Å². The lowest BCUT2D eigenvalue weighted by molar-refractivity contribution is 0.436. The predicted molar refractivity (Wildman–Crippen MR) is 55.5 cm³/mol. The number of hydrogen-bond acceptors (Lipinski definition) is 3. The van der Waals surface area contributed by atoms with Gasteiger partial charge in [-0.1, -0.05) is 6.85 Å². The molecule has 0 aromatic carbocycles. The first kappa shape index (κ1) is 2.26. The van der Waals surface area contributed by atoms with Gasteiger partial charge in [-0.3, -0.25) is 0 Å². The summed E-state index contributed by atoms with van der Waals surface area (Å²) in [5, 5.41) is 0. The fraction of sp³-hybridized carbons (Fsp3) is 0.600. The van der Waals surface area contributed by atoms with Gasteiger partial charge in [0.15, 0.2) is 0 Å². The van der Waals surface area contributed by atoms with Crippen molar-refractivity contribution in [1.82, 2.24) is 9.97 Å². The third-order valence-corrected chi connectivity index (χ3v) is 1.35. The topological polar surface area (TPSA) is 49.0 Å². The van der Waals surface area contributed by atoms with E-state index in [1.165, 1.54) is 0 Å². The fourth-order valence-electron chi connectivity index (χ4n) is 0.787. The van der Waals surface area contributed by atoms with Crippen molar-refractivity contribution in [2.75, 3.05) is 17.9 Å². The zero-order chi connectivity index (χ0) is 22.3. The Kier molecular flexibility index (Phi) is 0.616. The summed E-state index contributed by atoms with van der Waals surface area (Å²) in [6, 6.07) is -1.05. The van der Waals surface area contributed by atoms with Crippen LogP contribution < -0.4 is 10.6 Å². The molecule has 4 heteroatoms. The van der Waals surface area contributed by atoms with Crippen LogP contribution in [0.2, 0.25) is 0 Å². The van der Waals surface area contributed by atoms with Crippen LogP contribution in [0.4, 0.5) is 5.82 Å². The molecule has 1 aliphatic rings. The van der Waals surface area contributed by atoms with E-state index in [1.807, 2.05) is 0 Å². The summed E-state index contributed by atoms with van der Waals surface area (Å²) in [4.78, 5) is 16.2. The van der Waals surface area contributed by atoms with Crippen molar-refractivity contribution in [3.8, 4) is 0 Å². The largest absolute Gasteiger partial charge is 0.356 e. The Morgan fingerprint density at radius 1 is 1.86 bits per heavy atom. The van der Waals surface area contributed by atoms with Gasteiger partial charge in [-0.25, -0.2) is 4.79 Å². The van der Waals surface area contributed by atoms with Crippen LogP contribution in [0.3, 0.4) is 0 Å². The number of piperidine rings is 1. The van der Waals surface area contributed by atoms with Gasteiger partial charge in [0.05, 0.1) is 2.74 Å². The number of aromatic amines is 1. The summed E-state index contributed by atoms with van der Waals surface area (Å²) in [7, 11) is 0. The molecule has 0 radical (unpaired) electrons. The second kappa shape index (κ2) is 3.82. The van der Waals surface area contributed by atoms with Gasteiger partial charge in [0.1, 0.15) is 5.82 Å². The van der Waals surface area contributed by atoms with E-state index in [9.17, 15) is 4.79 Å². The molecule has 2 heterocycles. The Labute approximate surface area is 103 Å². The lowest BCUT2D eigenvalue weighted by atomic mass is 9.99. The zero-order valence-electron chi connectivity index (χ0n) is 20.8. The van der Waals surface area contributed by atoms with Crippen molar-refractivity contribution in [3.63, 3.8) is 0 Å². The van der Waals surface area contributed by atoms with Crippen LogP contribution >= 0.6 is 0 Å². The second-order valence-corrected chi connectivity index (χ2v) is 2.30. The van der Waals surface area contributed by atoms with Gasteiger partial charge < -0.3 is 9.88 Å². The maximum atomic E-state index is 11.6. The number of rotatable bonds is 1. The molecule has 0 unspecified atom stereocenters. The Bertz CT molecular complexity index is 830. The molecule has 0 atom stereocenters. The smallest absolute Gasteiger partial charge is 0.346 e. The molecule has 4 nitrogen and oxygen atoms in total. The molecule has 0 bridgehead atoms. The number of anilines is 1. The van der Waals surface area contributed by atoms with Gasteiger partial charge in [-0.2, -0.15) is 4.98 Å². The van der Waals surface area contributed by atoms with E-state index in [2.05, 4.69) is 4.98 Å². The highest BCUT2D eigenvalue weighted by Crippen LogP contribution is 2.19. The number of nitrogens with one attached hydrogen (secondary N) is 1. The lowest BCUT2D eigenvalue weighted by Gasteiger charge is -2.30. The standard InChI is InChI=1S/C10H15N3O/c1-8-3-6-13(7-4-8)9-2-5-11-10(14)12-9/h2,5,8H,3-4,6-7H2,1H3,(H,11,12,14)/i1D3,2D,3D2,4D2,5D,6D2,7D2,8D.